The van der Waals surface area contributed by atoms with Crippen molar-refractivity contribution in [2.24, 2.45) is 7.05 Å². The van der Waals surface area contributed by atoms with Gasteiger partial charge in [-0.15, -0.1) is 0 Å². The van der Waals surface area contributed by atoms with Gasteiger partial charge in [-0.1, -0.05) is 42.2 Å². The molecule has 0 atom stereocenters. The minimum Gasteiger partial charge on any atom is -0.358 e. The molecule has 5 heteroatoms. The van der Waals surface area contributed by atoms with Gasteiger partial charge in [0.25, 0.3) is 5.56 Å². The van der Waals surface area contributed by atoms with Crippen LogP contribution in [0.4, 0.5) is 0 Å². The third kappa shape index (κ3) is 3.47. The molecule has 0 unspecified atom stereocenters. The second-order valence-electron chi connectivity index (χ2n) is 4.82. The van der Waals surface area contributed by atoms with E-state index in [-0.39, 0.29) is 5.56 Å². The molecule has 0 bridgehead atoms. The molecule has 0 N–H and O–H groups in total. The maximum absolute atomic E-state index is 12.4. The van der Waals surface area contributed by atoms with Gasteiger partial charge >= 0.3 is 0 Å². The Morgan fingerprint density at radius 3 is 2.62 bits per heavy atom. The first-order valence-electron chi connectivity index (χ1n) is 7.07. The summed E-state index contributed by atoms with van der Waals surface area (Å²) in [6.45, 7) is 5.98. The molecule has 0 saturated heterocycles. The van der Waals surface area contributed by atoms with E-state index in [1.807, 2.05) is 37.4 Å². The lowest BCUT2D eigenvalue weighted by atomic mass is 10.1. The van der Waals surface area contributed by atoms with Crippen molar-refractivity contribution in [3.8, 4) is 0 Å². The Kier molecular flexibility index (Phi) is 5.42. The van der Waals surface area contributed by atoms with Gasteiger partial charge in [0.1, 0.15) is 4.32 Å². The summed E-state index contributed by atoms with van der Waals surface area (Å²) in [5, 5.41) is 1.09. The molecule has 2 rings (SSSR count). The molecule has 112 valence electrons. The van der Waals surface area contributed by atoms with Crippen molar-refractivity contribution in [3.05, 3.63) is 46.2 Å². The molecule has 0 radical (unpaired) electrons. The molecular formula is C16H20N2OS2. The number of hydrogen-bond acceptors (Lipinski definition) is 3. The van der Waals surface area contributed by atoms with Crippen LogP contribution in [-0.4, -0.2) is 26.9 Å². The van der Waals surface area contributed by atoms with Crippen LogP contribution in [0.1, 0.15) is 19.4 Å². The minimum absolute atomic E-state index is 0.0588. The van der Waals surface area contributed by atoms with Crippen molar-refractivity contribution in [1.82, 2.24) is 9.47 Å². The van der Waals surface area contributed by atoms with Gasteiger partial charge in [0.15, 0.2) is 0 Å². The average Bonchev–Trinajstić information content (AvgIpc) is 2.50. The number of benzene rings is 1. The van der Waals surface area contributed by atoms with Crippen LogP contribution >= 0.6 is 24.0 Å². The molecule has 0 aliphatic rings. The van der Waals surface area contributed by atoms with E-state index in [9.17, 15) is 4.79 Å². The highest BCUT2D eigenvalue weighted by molar-refractivity contribution is 8.22. The summed E-state index contributed by atoms with van der Waals surface area (Å²) in [6.07, 6.45) is 0. The van der Waals surface area contributed by atoms with Crippen molar-refractivity contribution in [3.63, 3.8) is 0 Å². The lowest BCUT2D eigenvalue weighted by molar-refractivity contribution is 0.482. The maximum Gasteiger partial charge on any atom is 0.254 e. The minimum atomic E-state index is 0.0588. The number of hydrogen-bond donors (Lipinski definition) is 0. The number of thioether (sulfide) groups is 1. The number of aryl methyl sites for hydroxylation is 1. The van der Waals surface area contributed by atoms with Crippen LogP contribution in [0.15, 0.2) is 35.1 Å². The van der Waals surface area contributed by atoms with Gasteiger partial charge in [-0.05, 0) is 31.4 Å². The molecule has 0 amide bonds. The second-order valence-corrected chi connectivity index (χ2v) is 6.43. The van der Waals surface area contributed by atoms with Crippen LogP contribution < -0.4 is 5.56 Å². The highest BCUT2D eigenvalue weighted by atomic mass is 32.2. The van der Waals surface area contributed by atoms with E-state index in [4.69, 9.17) is 12.2 Å². The van der Waals surface area contributed by atoms with E-state index >= 15 is 0 Å². The van der Waals surface area contributed by atoms with Crippen LogP contribution in [0.5, 0.6) is 0 Å². The maximum atomic E-state index is 12.4. The molecule has 2 aromatic rings. The molecule has 0 aliphatic heterocycles. The number of pyridine rings is 1. The summed E-state index contributed by atoms with van der Waals surface area (Å²) >= 11 is 6.99. The molecular weight excluding hydrogens is 300 g/mol. The van der Waals surface area contributed by atoms with Gasteiger partial charge in [-0.2, -0.15) is 0 Å². The van der Waals surface area contributed by atoms with Crippen LogP contribution in [-0.2, 0) is 12.8 Å². The zero-order valence-corrected chi connectivity index (χ0v) is 14.3. The molecule has 1 heterocycles. The van der Waals surface area contributed by atoms with Crippen LogP contribution in [0.3, 0.4) is 0 Å². The molecule has 0 spiro atoms. The Labute approximate surface area is 135 Å². The summed E-state index contributed by atoms with van der Waals surface area (Å²) < 4.78 is 2.57. The predicted molar refractivity (Wildman–Crippen MR) is 96.0 cm³/mol. The van der Waals surface area contributed by atoms with Gasteiger partial charge in [-0.3, -0.25) is 4.79 Å². The SMILES string of the molecule is CCN(CC)C(=S)SCc1cc2ccccc2n(C)c1=O. The number of fused-ring (bicyclic) bond motifs is 1. The van der Waals surface area contributed by atoms with Crippen LogP contribution in [0.2, 0.25) is 0 Å². The van der Waals surface area contributed by atoms with Gasteiger partial charge in [-0.25, -0.2) is 0 Å². The second kappa shape index (κ2) is 7.09. The highest BCUT2D eigenvalue weighted by Crippen LogP contribution is 2.18. The fourth-order valence-electron chi connectivity index (χ4n) is 2.31. The zero-order chi connectivity index (χ0) is 15.4. The van der Waals surface area contributed by atoms with E-state index in [0.29, 0.717) is 5.75 Å². The first-order chi connectivity index (χ1) is 10.1. The number of aromatic nitrogens is 1. The average molecular weight is 320 g/mol. The Balaban J connectivity index is 2.25. The first kappa shape index (κ1) is 16.0. The standard InChI is InChI=1S/C16H20N2OS2/c1-4-18(5-2)16(20)21-11-13-10-12-8-6-7-9-14(12)17(3)15(13)19/h6-10H,4-5,11H2,1-3H3. The Morgan fingerprint density at radius 2 is 1.95 bits per heavy atom. The highest BCUT2D eigenvalue weighted by Gasteiger charge is 2.10. The van der Waals surface area contributed by atoms with Crippen LogP contribution in [0, 0.1) is 0 Å². The van der Waals surface area contributed by atoms with Gasteiger partial charge < -0.3 is 9.47 Å². The van der Waals surface area contributed by atoms with E-state index in [1.165, 1.54) is 0 Å². The Hall–Kier alpha value is -1.33. The molecule has 1 aromatic heterocycles. The molecule has 0 aliphatic carbocycles. The van der Waals surface area contributed by atoms with Crippen molar-refractivity contribution in [1.29, 1.82) is 0 Å². The van der Waals surface area contributed by atoms with Crippen molar-refractivity contribution >= 4 is 39.2 Å². The number of rotatable bonds is 4. The van der Waals surface area contributed by atoms with E-state index in [0.717, 1.165) is 33.9 Å². The summed E-state index contributed by atoms with van der Waals surface area (Å²) in [5.74, 6) is 0.618. The normalized spacial score (nSPS) is 10.8. The van der Waals surface area contributed by atoms with E-state index in [1.54, 1.807) is 16.3 Å². The van der Waals surface area contributed by atoms with E-state index in [2.05, 4.69) is 18.7 Å². The lowest BCUT2D eigenvalue weighted by Gasteiger charge is -2.20. The van der Waals surface area contributed by atoms with Gasteiger partial charge in [0.05, 0.1) is 5.52 Å². The van der Waals surface area contributed by atoms with Crippen molar-refractivity contribution < 1.29 is 0 Å². The fraction of sp³-hybridized carbons (Fsp3) is 0.375. The Morgan fingerprint density at radius 1 is 1.29 bits per heavy atom. The zero-order valence-electron chi connectivity index (χ0n) is 12.6. The molecule has 0 fully saturated rings. The first-order valence-corrected chi connectivity index (χ1v) is 8.47. The smallest absolute Gasteiger partial charge is 0.254 e. The fourth-order valence-corrected chi connectivity index (χ4v) is 3.67. The summed E-state index contributed by atoms with van der Waals surface area (Å²) in [4.78, 5) is 14.5. The monoisotopic (exact) mass is 320 g/mol. The quantitative estimate of drug-likeness (QED) is 0.806. The number of thiocarbonyl (C=S) groups is 1. The number of para-hydroxylation sites is 1. The summed E-state index contributed by atoms with van der Waals surface area (Å²) in [6, 6.07) is 9.92. The van der Waals surface area contributed by atoms with E-state index < -0.39 is 0 Å². The van der Waals surface area contributed by atoms with Gasteiger partial charge in [0, 0.05) is 31.5 Å². The summed E-state index contributed by atoms with van der Waals surface area (Å²) in [5.41, 5.74) is 1.82. The number of nitrogens with zero attached hydrogens (tertiary/aromatic N) is 2. The third-order valence-electron chi connectivity index (χ3n) is 3.58. The predicted octanol–water partition coefficient (Wildman–Crippen LogP) is 3.40. The lowest BCUT2D eigenvalue weighted by Crippen LogP contribution is -2.27. The summed E-state index contributed by atoms with van der Waals surface area (Å²) in [7, 11) is 1.82. The topological polar surface area (TPSA) is 25.2 Å². The molecule has 0 saturated carbocycles. The molecule has 3 nitrogen and oxygen atoms in total. The largest absolute Gasteiger partial charge is 0.358 e. The third-order valence-corrected chi connectivity index (χ3v) is 5.15. The molecule has 1 aromatic carbocycles. The van der Waals surface area contributed by atoms with Gasteiger partial charge in [0.2, 0.25) is 0 Å². The van der Waals surface area contributed by atoms with Crippen molar-refractivity contribution in [2.75, 3.05) is 13.1 Å². The van der Waals surface area contributed by atoms with Crippen LogP contribution in [0.25, 0.3) is 10.9 Å². The van der Waals surface area contributed by atoms with Crippen molar-refractivity contribution in [2.45, 2.75) is 19.6 Å². The molecule has 21 heavy (non-hydrogen) atoms. The Bertz CT molecular complexity index is 705.